The van der Waals surface area contributed by atoms with E-state index in [9.17, 15) is 18.0 Å². The minimum Gasteiger partial charge on any atom is -0.497 e. The van der Waals surface area contributed by atoms with Crippen LogP contribution in [0.25, 0.3) is 0 Å². The van der Waals surface area contributed by atoms with Gasteiger partial charge in [-0.25, -0.2) is 4.68 Å². The van der Waals surface area contributed by atoms with Crippen LogP contribution in [0.5, 0.6) is 5.75 Å². The monoisotopic (exact) mass is 478 g/mol. The highest BCUT2D eigenvalue weighted by Crippen LogP contribution is 2.46. The minimum atomic E-state index is -4.57. The van der Waals surface area contributed by atoms with Gasteiger partial charge in [0.1, 0.15) is 16.6 Å². The molecule has 4 rings (SSSR count). The van der Waals surface area contributed by atoms with Crippen molar-refractivity contribution < 1.29 is 22.7 Å². The van der Waals surface area contributed by atoms with Crippen molar-refractivity contribution in [2.45, 2.75) is 31.1 Å². The molecule has 6 nitrogen and oxygen atoms in total. The summed E-state index contributed by atoms with van der Waals surface area (Å²) in [6.45, 7) is 0.298. The zero-order valence-electron chi connectivity index (χ0n) is 17.7. The number of amides is 1. The Hall–Kier alpha value is -3.20. The van der Waals surface area contributed by atoms with Gasteiger partial charge in [0.2, 0.25) is 0 Å². The molecule has 10 heteroatoms. The van der Waals surface area contributed by atoms with Crippen molar-refractivity contribution in [3.05, 3.63) is 76.4 Å². The number of halogens is 4. The van der Waals surface area contributed by atoms with Gasteiger partial charge >= 0.3 is 6.18 Å². The largest absolute Gasteiger partial charge is 0.497 e. The number of anilines is 1. The Bertz CT molecular complexity index is 1120. The second-order valence-electron chi connectivity index (χ2n) is 7.71. The van der Waals surface area contributed by atoms with Crippen molar-refractivity contribution in [2.75, 3.05) is 19.0 Å². The van der Waals surface area contributed by atoms with E-state index < -0.39 is 24.2 Å². The van der Waals surface area contributed by atoms with E-state index in [2.05, 4.69) is 15.7 Å². The van der Waals surface area contributed by atoms with Gasteiger partial charge in [-0.2, -0.15) is 18.3 Å². The zero-order chi connectivity index (χ0) is 23.6. The van der Waals surface area contributed by atoms with Crippen molar-refractivity contribution >= 4 is 23.3 Å². The number of nitrogens with zero attached hydrogens (tertiary/aromatic N) is 2. The lowest BCUT2D eigenvalue weighted by atomic mass is 9.97. The van der Waals surface area contributed by atoms with Crippen molar-refractivity contribution in [3.63, 3.8) is 0 Å². The molecule has 2 atom stereocenters. The maximum atomic E-state index is 13.9. The summed E-state index contributed by atoms with van der Waals surface area (Å²) in [6.07, 6.45) is -4.30. The molecule has 0 saturated heterocycles. The van der Waals surface area contributed by atoms with Gasteiger partial charge in [-0.3, -0.25) is 4.79 Å². The molecule has 2 heterocycles. The summed E-state index contributed by atoms with van der Waals surface area (Å²) in [5.74, 6) is -0.0553. The van der Waals surface area contributed by atoms with Gasteiger partial charge in [0.05, 0.1) is 13.2 Å². The van der Waals surface area contributed by atoms with E-state index in [1.54, 1.807) is 24.3 Å². The highest BCUT2D eigenvalue weighted by Gasteiger charge is 2.47. The van der Waals surface area contributed by atoms with Crippen LogP contribution < -0.4 is 15.4 Å². The third-order valence-corrected chi connectivity index (χ3v) is 5.93. The van der Waals surface area contributed by atoms with Gasteiger partial charge in [0, 0.05) is 13.0 Å². The fourth-order valence-electron chi connectivity index (χ4n) is 3.84. The number of methoxy groups -OCH3 is 1. The van der Waals surface area contributed by atoms with E-state index >= 15 is 0 Å². The van der Waals surface area contributed by atoms with Crippen LogP contribution in [0, 0.1) is 0 Å². The van der Waals surface area contributed by atoms with E-state index in [1.165, 1.54) is 7.11 Å². The number of nitrogens with one attached hydrogen (secondary N) is 2. The summed E-state index contributed by atoms with van der Waals surface area (Å²) in [5, 5.41) is 9.52. The number of aromatic nitrogens is 2. The summed E-state index contributed by atoms with van der Waals surface area (Å²) in [6, 6.07) is 13.7. The fourth-order valence-corrected chi connectivity index (χ4v) is 4.10. The third kappa shape index (κ3) is 4.93. The van der Waals surface area contributed by atoms with Crippen molar-refractivity contribution in [2.24, 2.45) is 0 Å². The predicted octanol–water partition coefficient (Wildman–Crippen LogP) is 5.18. The number of rotatable bonds is 6. The molecule has 1 aliphatic heterocycles. The van der Waals surface area contributed by atoms with E-state index in [1.807, 2.05) is 30.3 Å². The highest BCUT2D eigenvalue weighted by molar-refractivity contribution is 6.36. The van der Waals surface area contributed by atoms with Gasteiger partial charge in [0.15, 0.2) is 11.7 Å². The first-order valence-corrected chi connectivity index (χ1v) is 10.7. The summed E-state index contributed by atoms with van der Waals surface area (Å²) < 4.78 is 47.6. The molecule has 2 N–H and O–H groups in total. The lowest BCUT2D eigenvalue weighted by Crippen LogP contribution is -2.36. The van der Waals surface area contributed by atoms with E-state index in [-0.39, 0.29) is 23.0 Å². The Balaban J connectivity index is 1.57. The highest BCUT2D eigenvalue weighted by atomic mass is 35.5. The average Bonchev–Trinajstić information content (AvgIpc) is 3.15. The standard InChI is InChI=1S/C23H22ClF3N4O2/c1-33-16-9-7-15(8-10-16)17-13-18(23(25,26)27)31-21(29-17)19(24)20(30-31)22(32)28-12-11-14-5-3-2-4-6-14/h2-10,17-18,29H,11-13H2,1H3,(H,28,32)/t17-,18-/m0/s1. The van der Waals surface area contributed by atoms with Gasteiger partial charge in [0.25, 0.3) is 5.91 Å². The van der Waals surface area contributed by atoms with Crippen LogP contribution in [0.15, 0.2) is 54.6 Å². The Labute approximate surface area is 193 Å². The number of carbonyl (C=O) groups excluding carboxylic acids is 1. The molecule has 174 valence electrons. The number of ether oxygens (including phenoxy) is 1. The Morgan fingerprint density at radius 2 is 1.91 bits per heavy atom. The van der Waals surface area contributed by atoms with Crippen molar-refractivity contribution in [3.8, 4) is 5.75 Å². The Morgan fingerprint density at radius 1 is 1.21 bits per heavy atom. The second kappa shape index (κ2) is 9.35. The molecule has 0 radical (unpaired) electrons. The third-order valence-electron chi connectivity index (χ3n) is 5.57. The molecule has 0 fully saturated rings. The first kappa shape index (κ1) is 23.0. The van der Waals surface area contributed by atoms with Crippen molar-refractivity contribution in [1.82, 2.24) is 15.1 Å². The number of fused-ring (bicyclic) bond motifs is 1. The van der Waals surface area contributed by atoms with Crippen LogP contribution in [0.3, 0.4) is 0 Å². The molecular weight excluding hydrogens is 457 g/mol. The number of carbonyl (C=O) groups is 1. The van der Waals surface area contributed by atoms with E-state index in [0.29, 0.717) is 24.3 Å². The SMILES string of the molecule is COc1ccc([C@@H]2C[C@@H](C(F)(F)F)n3nc(C(=O)NCCc4ccccc4)c(Cl)c3N2)cc1. The van der Waals surface area contributed by atoms with Crippen LogP contribution in [-0.4, -0.2) is 35.5 Å². The summed E-state index contributed by atoms with van der Waals surface area (Å²) >= 11 is 6.35. The molecular formula is C23H22ClF3N4O2. The molecule has 2 aromatic carbocycles. The van der Waals surface area contributed by atoms with Crippen LogP contribution in [-0.2, 0) is 6.42 Å². The lowest BCUT2D eigenvalue weighted by Gasteiger charge is -2.33. The molecule has 3 aromatic rings. The maximum absolute atomic E-state index is 13.9. The lowest BCUT2D eigenvalue weighted by molar-refractivity contribution is -0.173. The maximum Gasteiger partial charge on any atom is 0.410 e. The molecule has 1 aromatic heterocycles. The number of hydrogen-bond donors (Lipinski definition) is 2. The van der Waals surface area contributed by atoms with Crippen LogP contribution in [0.2, 0.25) is 5.02 Å². The van der Waals surface area contributed by atoms with Crippen LogP contribution in [0.4, 0.5) is 19.0 Å². The normalized spacial score (nSPS) is 17.7. The molecule has 0 unspecified atom stereocenters. The molecule has 33 heavy (non-hydrogen) atoms. The number of alkyl halides is 3. The van der Waals surface area contributed by atoms with Crippen LogP contribution in [0.1, 0.15) is 40.1 Å². The van der Waals surface area contributed by atoms with E-state index in [0.717, 1.165) is 10.2 Å². The Kier molecular flexibility index (Phi) is 6.51. The Morgan fingerprint density at radius 3 is 2.55 bits per heavy atom. The zero-order valence-corrected chi connectivity index (χ0v) is 18.5. The summed E-state index contributed by atoms with van der Waals surface area (Å²) in [7, 11) is 1.51. The summed E-state index contributed by atoms with van der Waals surface area (Å²) in [5.41, 5.74) is 1.42. The smallest absolute Gasteiger partial charge is 0.410 e. The average molecular weight is 479 g/mol. The molecule has 0 aliphatic carbocycles. The summed E-state index contributed by atoms with van der Waals surface area (Å²) in [4.78, 5) is 12.7. The molecule has 0 spiro atoms. The van der Waals surface area contributed by atoms with Gasteiger partial charge in [-0.1, -0.05) is 54.1 Å². The first-order valence-electron chi connectivity index (χ1n) is 10.3. The topological polar surface area (TPSA) is 68.2 Å². The number of benzene rings is 2. The first-order chi connectivity index (χ1) is 15.8. The van der Waals surface area contributed by atoms with E-state index in [4.69, 9.17) is 16.3 Å². The molecule has 0 bridgehead atoms. The number of hydrogen-bond acceptors (Lipinski definition) is 4. The van der Waals surface area contributed by atoms with Gasteiger partial charge in [-0.15, -0.1) is 0 Å². The van der Waals surface area contributed by atoms with Crippen LogP contribution >= 0.6 is 11.6 Å². The van der Waals surface area contributed by atoms with Gasteiger partial charge in [-0.05, 0) is 29.7 Å². The predicted molar refractivity (Wildman–Crippen MR) is 119 cm³/mol. The quantitative estimate of drug-likeness (QED) is 0.512. The van der Waals surface area contributed by atoms with Crippen molar-refractivity contribution in [1.29, 1.82) is 0 Å². The minimum absolute atomic E-state index is 0.0285. The molecule has 0 saturated carbocycles. The fraction of sp³-hybridized carbons (Fsp3) is 0.304. The molecule has 1 amide bonds. The molecule has 1 aliphatic rings. The second-order valence-corrected chi connectivity index (χ2v) is 8.09. The van der Waals surface area contributed by atoms with Gasteiger partial charge < -0.3 is 15.4 Å².